The van der Waals surface area contributed by atoms with Gasteiger partial charge in [0.25, 0.3) is 0 Å². The molecule has 0 aliphatic carbocycles. The van der Waals surface area contributed by atoms with Gasteiger partial charge < -0.3 is 9.47 Å². The fourth-order valence-electron chi connectivity index (χ4n) is 1.22. The lowest BCUT2D eigenvalue weighted by Gasteiger charge is -2.05. The van der Waals surface area contributed by atoms with Gasteiger partial charge in [-0.05, 0) is 6.92 Å². The van der Waals surface area contributed by atoms with Crippen molar-refractivity contribution in [1.82, 2.24) is 4.98 Å². The Balaban J connectivity index is 2.42. The van der Waals surface area contributed by atoms with Gasteiger partial charge in [-0.15, -0.1) is 11.3 Å². The normalized spacial score (nSPS) is 12.4. The lowest BCUT2D eigenvalue weighted by atomic mass is 10.2. The van der Waals surface area contributed by atoms with Gasteiger partial charge in [0, 0.05) is 25.3 Å². The van der Waals surface area contributed by atoms with Crippen molar-refractivity contribution < 1.29 is 14.3 Å². The van der Waals surface area contributed by atoms with Crippen LogP contribution in [0, 0.1) is 0 Å². The van der Waals surface area contributed by atoms with E-state index >= 15 is 0 Å². The molecule has 1 aromatic rings. The van der Waals surface area contributed by atoms with Crippen LogP contribution in [0.1, 0.15) is 24.0 Å². The van der Waals surface area contributed by atoms with Gasteiger partial charge >= 0.3 is 5.97 Å². The van der Waals surface area contributed by atoms with Crippen LogP contribution in [0.5, 0.6) is 0 Å². The summed E-state index contributed by atoms with van der Waals surface area (Å²) in [7, 11) is 3.09. The van der Waals surface area contributed by atoms with Crippen molar-refractivity contribution in [1.29, 1.82) is 0 Å². The third-order valence-corrected chi connectivity index (χ3v) is 3.20. The molecule has 0 amide bonds. The molecule has 0 bridgehead atoms. The summed E-state index contributed by atoms with van der Waals surface area (Å²) in [5.74, 6) is -0.195. The highest BCUT2D eigenvalue weighted by atomic mass is 32.1. The average Bonchev–Trinajstić information content (AvgIpc) is 2.73. The Morgan fingerprint density at radius 1 is 1.56 bits per heavy atom. The summed E-state index contributed by atoms with van der Waals surface area (Å²) in [6, 6.07) is 0. The molecule has 0 aliphatic heterocycles. The predicted octanol–water partition coefficient (Wildman–Crippen LogP) is 1.83. The van der Waals surface area contributed by atoms with E-state index in [2.05, 4.69) is 9.72 Å². The molecule has 0 aromatic carbocycles. The quantitative estimate of drug-likeness (QED) is 0.715. The SMILES string of the molecule is COC(=O)CCc1csc(CC(C)OC)n1. The lowest BCUT2D eigenvalue weighted by molar-refractivity contribution is -0.140. The van der Waals surface area contributed by atoms with Crippen LogP contribution in [0.4, 0.5) is 0 Å². The standard InChI is InChI=1S/C11H17NO3S/c1-8(14-2)6-10-12-9(7-16-10)4-5-11(13)15-3/h7-8H,4-6H2,1-3H3. The number of methoxy groups -OCH3 is 2. The van der Waals surface area contributed by atoms with E-state index in [0.717, 1.165) is 17.1 Å². The van der Waals surface area contributed by atoms with Crippen LogP contribution in [0.25, 0.3) is 0 Å². The number of aromatic nitrogens is 1. The Morgan fingerprint density at radius 2 is 2.31 bits per heavy atom. The van der Waals surface area contributed by atoms with Crippen LogP contribution >= 0.6 is 11.3 Å². The van der Waals surface area contributed by atoms with Gasteiger partial charge in [-0.25, -0.2) is 4.98 Å². The number of carbonyl (C=O) groups is 1. The van der Waals surface area contributed by atoms with Gasteiger partial charge in [-0.2, -0.15) is 0 Å². The average molecular weight is 243 g/mol. The third-order valence-electron chi connectivity index (χ3n) is 2.28. The minimum absolute atomic E-state index is 0.180. The number of esters is 1. The highest BCUT2D eigenvalue weighted by molar-refractivity contribution is 7.09. The molecule has 0 N–H and O–H groups in total. The molecule has 5 heteroatoms. The predicted molar refractivity (Wildman–Crippen MR) is 62.6 cm³/mol. The second-order valence-electron chi connectivity index (χ2n) is 3.56. The molecule has 0 saturated heterocycles. The van der Waals surface area contributed by atoms with E-state index in [1.54, 1.807) is 18.4 Å². The number of rotatable bonds is 6. The molecule has 1 aromatic heterocycles. The van der Waals surface area contributed by atoms with E-state index in [1.807, 2.05) is 12.3 Å². The van der Waals surface area contributed by atoms with Gasteiger partial charge in [-0.3, -0.25) is 4.79 Å². The van der Waals surface area contributed by atoms with Crippen LogP contribution < -0.4 is 0 Å². The fraction of sp³-hybridized carbons (Fsp3) is 0.636. The first-order valence-electron chi connectivity index (χ1n) is 5.18. The highest BCUT2D eigenvalue weighted by Gasteiger charge is 2.08. The summed E-state index contributed by atoms with van der Waals surface area (Å²) in [5, 5.41) is 3.04. The Morgan fingerprint density at radius 3 is 2.94 bits per heavy atom. The maximum absolute atomic E-state index is 10.9. The number of nitrogens with zero attached hydrogens (tertiary/aromatic N) is 1. The van der Waals surface area contributed by atoms with Gasteiger partial charge in [0.15, 0.2) is 0 Å². The van der Waals surface area contributed by atoms with Gasteiger partial charge in [0.1, 0.15) is 0 Å². The Bertz CT molecular complexity index is 338. The number of carbonyl (C=O) groups excluding carboxylic acids is 1. The molecule has 0 saturated carbocycles. The molecule has 1 heterocycles. The van der Waals surface area contributed by atoms with Crippen molar-refractivity contribution in [3.63, 3.8) is 0 Å². The maximum Gasteiger partial charge on any atom is 0.305 e. The maximum atomic E-state index is 10.9. The Hall–Kier alpha value is -0.940. The van der Waals surface area contributed by atoms with E-state index in [1.165, 1.54) is 7.11 Å². The van der Waals surface area contributed by atoms with Crippen LogP contribution in [-0.4, -0.2) is 31.3 Å². The first-order valence-corrected chi connectivity index (χ1v) is 6.06. The van der Waals surface area contributed by atoms with E-state index in [9.17, 15) is 4.79 Å². The lowest BCUT2D eigenvalue weighted by Crippen LogP contribution is -2.08. The van der Waals surface area contributed by atoms with Crippen molar-refractivity contribution in [3.05, 3.63) is 16.1 Å². The summed E-state index contributed by atoms with van der Waals surface area (Å²) < 4.78 is 9.75. The topological polar surface area (TPSA) is 48.4 Å². The summed E-state index contributed by atoms with van der Waals surface area (Å²) in [4.78, 5) is 15.4. The largest absolute Gasteiger partial charge is 0.469 e. The molecule has 1 atom stereocenters. The van der Waals surface area contributed by atoms with E-state index < -0.39 is 0 Å². The molecule has 0 spiro atoms. The summed E-state index contributed by atoms with van der Waals surface area (Å²) in [6.45, 7) is 2.01. The van der Waals surface area contributed by atoms with Gasteiger partial charge in [-0.1, -0.05) is 0 Å². The van der Waals surface area contributed by atoms with Crippen LogP contribution in [0.2, 0.25) is 0 Å². The van der Waals surface area contributed by atoms with Crippen LogP contribution in [0.15, 0.2) is 5.38 Å². The fourth-order valence-corrected chi connectivity index (χ4v) is 2.16. The monoisotopic (exact) mass is 243 g/mol. The first kappa shape index (κ1) is 13.1. The van der Waals surface area contributed by atoms with Crippen molar-refractivity contribution in [2.75, 3.05) is 14.2 Å². The van der Waals surface area contributed by atoms with Crippen LogP contribution in [0.3, 0.4) is 0 Å². The Labute approximate surface area is 99.6 Å². The van der Waals surface area contributed by atoms with Crippen molar-refractivity contribution >= 4 is 17.3 Å². The molecule has 0 radical (unpaired) electrons. The molecule has 90 valence electrons. The number of aryl methyl sites for hydroxylation is 1. The molecule has 1 rings (SSSR count). The van der Waals surface area contributed by atoms with E-state index in [4.69, 9.17) is 4.74 Å². The third kappa shape index (κ3) is 4.28. The summed E-state index contributed by atoms with van der Waals surface area (Å²) in [6.07, 6.45) is 2.03. The molecule has 0 fully saturated rings. The van der Waals surface area contributed by atoms with Gasteiger partial charge in [0.2, 0.25) is 0 Å². The second kappa shape index (κ2) is 6.60. The highest BCUT2D eigenvalue weighted by Crippen LogP contribution is 2.14. The second-order valence-corrected chi connectivity index (χ2v) is 4.50. The van der Waals surface area contributed by atoms with E-state index in [0.29, 0.717) is 12.8 Å². The zero-order valence-electron chi connectivity index (χ0n) is 9.86. The molecule has 4 nitrogen and oxygen atoms in total. The number of hydrogen-bond donors (Lipinski definition) is 0. The first-order chi connectivity index (χ1) is 7.65. The molecular formula is C11H17NO3S. The molecule has 1 unspecified atom stereocenters. The summed E-state index contributed by atoms with van der Waals surface area (Å²) >= 11 is 1.61. The van der Waals surface area contributed by atoms with Gasteiger partial charge in [0.05, 0.1) is 30.3 Å². The number of hydrogen-bond acceptors (Lipinski definition) is 5. The van der Waals surface area contributed by atoms with E-state index in [-0.39, 0.29) is 12.1 Å². The van der Waals surface area contributed by atoms with Crippen molar-refractivity contribution in [2.24, 2.45) is 0 Å². The smallest absolute Gasteiger partial charge is 0.305 e. The minimum atomic E-state index is -0.195. The molecular weight excluding hydrogens is 226 g/mol. The molecule has 0 aliphatic rings. The zero-order valence-corrected chi connectivity index (χ0v) is 10.7. The zero-order chi connectivity index (χ0) is 12.0. The van der Waals surface area contributed by atoms with Crippen molar-refractivity contribution in [2.45, 2.75) is 32.3 Å². The summed E-state index contributed by atoms with van der Waals surface area (Å²) in [5.41, 5.74) is 0.953. The van der Waals surface area contributed by atoms with Crippen molar-refractivity contribution in [3.8, 4) is 0 Å². The molecule has 16 heavy (non-hydrogen) atoms. The van der Waals surface area contributed by atoms with Crippen LogP contribution in [-0.2, 0) is 27.1 Å². The Kier molecular flexibility index (Phi) is 5.42. The number of ether oxygens (including phenoxy) is 2. The minimum Gasteiger partial charge on any atom is -0.469 e. The number of thiazole rings is 1.